The summed E-state index contributed by atoms with van der Waals surface area (Å²) in [6, 6.07) is 10.6. The number of para-hydroxylation sites is 2. The molecule has 8 nitrogen and oxygen atoms in total. The average molecular weight is 393 g/mol. The van der Waals surface area contributed by atoms with Crippen LogP contribution in [0.5, 0.6) is 23.0 Å². The van der Waals surface area contributed by atoms with Crippen LogP contribution >= 0.6 is 0 Å². The molecule has 1 atom stereocenters. The van der Waals surface area contributed by atoms with E-state index in [4.69, 9.17) is 14.2 Å². The van der Waals surface area contributed by atoms with Crippen LogP contribution in [0.2, 0.25) is 0 Å². The lowest BCUT2D eigenvalue weighted by molar-refractivity contribution is -0.286. The van der Waals surface area contributed by atoms with Gasteiger partial charge in [0.1, 0.15) is 6.61 Å². The molecule has 2 aliphatic heterocycles. The van der Waals surface area contributed by atoms with Gasteiger partial charge in [-0.05, 0) is 24.3 Å². The Kier molecular flexibility index (Phi) is 4.38. The number of anilines is 1. The normalized spacial score (nSPS) is 18.3. The molecule has 2 aromatic rings. The highest BCUT2D eigenvalue weighted by molar-refractivity contribution is 5.93. The van der Waals surface area contributed by atoms with Crippen LogP contribution in [-0.4, -0.2) is 37.5 Å². The molecule has 4 rings (SSSR count). The molecule has 0 aliphatic carbocycles. The molecule has 0 bridgehead atoms. The Hall–Kier alpha value is -3.56. The topological polar surface area (TPSA) is 92.3 Å². The first-order chi connectivity index (χ1) is 13.4. The quantitative estimate of drug-likeness (QED) is 0.797. The smallest absolute Gasteiger partial charge is 0.485 e. The fraction of sp³-hybridized carbons (Fsp3) is 0.222. The number of alkyl halides is 2. The predicted octanol–water partition coefficient (Wildman–Crippen LogP) is 2.33. The summed E-state index contributed by atoms with van der Waals surface area (Å²) < 4.78 is 50.4. The highest BCUT2D eigenvalue weighted by Crippen LogP contribution is 2.42. The minimum atomic E-state index is -3.75. The van der Waals surface area contributed by atoms with Gasteiger partial charge in [0.25, 0.3) is 5.91 Å². The third-order valence-electron chi connectivity index (χ3n) is 3.80. The highest BCUT2D eigenvalue weighted by Gasteiger charge is 2.43. The minimum Gasteiger partial charge on any atom is -0.485 e. The molecule has 28 heavy (non-hydrogen) atoms. The second-order valence-electron chi connectivity index (χ2n) is 5.85. The van der Waals surface area contributed by atoms with Gasteiger partial charge in [-0.2, -0.15) is 0 Å². The van der Waals surface area contributed by atoms with Gasteiger partial charge in [-0.25, -0.2) is 4.79 Å². The molecule has 0 spiro atoms. The Morgan fingerprint density at radius 1 is 1.07 bits per heavy atom. The monoisotopic (exact) mass is 393 g/mol. The maximum absolute atomic E-state index is 13.0. The van der Waals surface area contributed by atoms with Gasteiger partial charge in [0, 0.05) is 11.8 Å². The Balaban J connectivity index is 1.29. The van der Waals surface area contributed by atoms with E-state index in [-0.39, 0.29) is 23.8 Å². The third kappa shape index (κ3) is 3.75. The van der Waals surface area contributed by atoms with Crippen LogP contribution in [0.25, 0.3) is 0 Å². The zero-order valence-corrected chi connectivity index (χ0v) is 14.1. The second kappa shape index (κ2) is 6.87. The first kappa shape index (κ1) is 17.8. The summed E-state index contributed by atoms with van der Waals surface area (Å²) in [7, 11) is 0. The SMILES string of the molecule is O=C(COC(=O)C1COc2ccccc2O1)Nc1ccc2c(c1)OC(F)(F)O2. The van der Waals surface area contributed by atoms with Crippen LogP contribution < -0.4 is 24.3 Å². The molecule has 10 heteroatoms. The molecule has 1 amide bonds. The number of rotatable bonds is 4. The summed E-state index contributed by atoms with van der Waals surface area (Å²) >= 11 is 0. The van der Waals surface area contributed by atoms with Crippen molar-refractivity contribution in [2.24, 2.45) is 0 Å². The zero-order chi connectivity index (χ0) is 19.7. The number of esters is 1. The molecule has 0 aromatic heterocycles. The van der Waals surface area contributed by atoms with E-state index in [1.54, 1.807) is 24.3 Å². The molecule has 0 radical (unpaired) electrons. The number of fused-ring (bicyclic) bond motifs is 2. The van der Waals surface area contributed by atoms with E-state index in [9.17, 15) is 18.4 Å². The lowest BCUT2D eigenvalue weighted by atomic mass is 10.2. The van der Waals surface area contributed by atoms with Crippen LogP contribution in [0, 0.1) is 0 Å². The maximum atomic E-state index is 13.0. The van der Waals surface area contributed by atoms with Crippen LogP contribution in [0.3, 0.4) is 0 Å². The lowest BCUT2D eigenvalue weighted by Crippen LogP contribution is -2.39. The number of hydrogen-bond acceptors (Lipinski definition) is 7. The lowest BCUT2D eigenvalue weighted by Gasteiger charge is -2.24. The Bertz CT molecular complexity index is 934. The third-order valence-corrected chi connectivity index (χ3v) is 3.80. The number of carbonyl (C=O) groups is 2. The number of benzene rings is 2. The van der Waals surface area contributed by atoms with Crippen molar-refractivity contribution in [3.05, 3.63) is 42.5 Å². The summed E-state index contributed by atoms with van der Waals surface area (Å²) in [4.78, 5) is 24.0. The van der Waals surface area contributed by atoms with Gasteiger partial charge < -0.3 is 29.0 Å². The predicted molar refractivity (Wildman–Crippen MR) is 88.6 cm³/mol. The van der Waals surface area contributed by atoms with Crippen molar-refractivity contribution in [3.8, 4) is 23.0 Å². The molecule has 2 heterocycles. The first-order valence-corrected chi connectivity index (χ1v) is 8.14. The van der Waals surface area contributed by atoms with Crippen molar-refractivity contribution in [3.63, 3.8) is 0 Å². The van der Waals surface area contributed by atoms with E-state index in [0.29, 0.717) is 11.5 Å². The van der Waals surface area contributed by atoms with Crippen molar-refractivity contribution >= 4 is 17.6 Å². The van der Waals surface area contributed by atoms with Crippen LogP contribution in [0.15, 0.2) is 42.5 Å². The Labute approximate surface area is 156 Å². The van der Waals surface area contributed by atoms with E-state index >= 15 is 0 Å². The molecule has 2 aromatic carbocycles. The van der Waals surface area contributed by atoms with Crippen molar-refractivity contribution < 1.29 is 42.1 Å². The van der Waals surface area contributed by atoms with Crippen molar-refractivity contribution in [1.82, 2.24) is 0 Å². The van der Waals surface area contributed by atoms with Gasteiger partial charge in [0.15, 0.2) is 29.6 Å². The minimum absolute atomic E-state index is 0.0478. The Morgan fingerprint density at radius 3 is 2.64 bits per heavy atom. The number of amides is 1. The second-order valence-corrected chi connectivity index (χ2v) is 5.85. The number of hydrogen-bond donors (Lipinski definition) is 1. The molecule has 0 saturated heterocycles. The molecular weight excluding hydrogens is 380 g/mol. The summed E-state index contributed by atoms with van der Waals surface area (Å²) in [5.74, 6) is -0.892. The van der Waals surface area contributed by atoms with E-state index in [1.807, 2.05) is 0 Å². The highest BCUT2D eigenvalue weighted by atomic mass is 19.3. The molecular formula is C18H13F2NO7. The molecule has 1 unspecified atom stereocenters. The Morgan fingerprint density at radius 2 is 1.82 bits per heavy atom. The summed E-state index contributed by atoms with van der Waals surface area (Å²) in [5, 5.41) is 2.40. The van der Waals surface area contributed by atoms with E-state index in [2.05, 4.69) is 14.8 Å². The van der Waals surface area contributed by atoms with E-state index in [1.165, 1.54) is 18.2 Å². The molecule has 1 N–H and O–H groups in total. The number of ether oxygens (including phenoxy) is 5. The van der Waals surface area contributed by atoms with Crippen molar-refractivity contribution in [2.75, 3.05) is 18.5 Å². The molecule has 0 saturated carbocycles. The van der Waals surface area contributed by atoms with E-state index in [0.717, 1.165) is 0 Å². The zero-order valence-electron chi connectivity index (χ0n) is 14.1. The molecule has 2 aliphatic rings. The van der Waals surface area contributed by atoms with Gasteiger partial charge in [0.2, 0.25) is 6.10 Å². The van der Waals surface area contributed by atoms with Gasteiger partial charge in [-0.1, -0.05) is 12.1 Å². The fourth-order valence-corrected chi connectivity index (χ4v) is 2.59. The van der Waals surface area contributed by atoms with E-state index < -0.39 is 30.9 Å². The van der Waals surface area contributed by atoms with Crippen molar-refractivity contribution in [1.29, 1.82) is 0 Å². The largest absolute Gasteiger partial charge is 0.586 e. The average Bonchev–Trinajstić information content (AvgIpc) is 2.98. The van der Waals surface area contributed by atoms with Gasteiger partial charge >= 0.3 is 12.3 Å². The van der Waals surface area contributed by atoms with Crippen LogP contribution in [0.1, 0.15) is 0 Å². The number of nitrogens with one attached hydrogen (secondary N) is 1. The molecule has 0 fully saturated rings. The van der Waals surface area contributed by atoms with Crippen molar-refractivity contribution in [2.45, 2.75) is 12.4 Å². The molecule has 146 valence electrons. The first-order valence-electron chi connectivity index (χ1n) is 8.14. The summed E-state index contributed by atoms with van der Waals surface area (Å²) in [6.07, 6.45) is -4.75. The summed E-state index contributed by atoms with van der Waals surface area (Å²) in [6.45, 7) is -0.640. The maximum Gasteiger partial charge on any atom is 0.586 e. The van der Waals surface area contributed by atoms with Gasteiger partial charge in [0.05, 0.1) is 0 Å². The number of halogens is 2. The number of carbonyl (C=O) groups excluding carboxylic acids is 2. The van der Waals surface area contributed by atoms with Gasteiger partial charge in [-0.15, -0.1) is 8.78 Å². The van der Waals surface area contributed by atoms with Crippen LogP contribution in [0.4, 0.5) is 14.5 Å². The van der Waals surface area contributed by atoms with Gasteiger partial charge in [-0.3, -0.25) is 4.79 Å². The van der Waals surface area contributed by atoms with Crippen LogP contribution in [-0.2, 0) is 14.3 Å². The summed E-state index contributed by atoms with van der Waals surface area (Å²) in [5.41, 5.74) is 0.173. The standard InChI is InChI=1S/C18H13F2NO7/c19-18(20)27-13-6-5-10(7-14(13)28-18)21-16(22)9-25-17(23)15-8-24-11-3-1-2-4-12(11)26-15/h1-7,15H,8-9H2,(H,21,22). The fourth-order valence-electron chi connectivity index (χ4n) is 2.59.